The van der Waals surface area contributed by atoms with E-state index >= 15 is 0 Å². The third kappa shape index (κ3) is 0.598. The van der Waals surface area contributed by atoms with E-state index in [-0.39, 0.29) is 22.5 Å². The Balaban J connectivity index is 2.50. The molecular formula is C10H16O2. The van der Waals surface area contributed by atoms with Gasteiger partial charge in [-0.05, 0) is 24.2 Å². The molecule has 12 heavy (non-hydrogen) atoms. The predicted molar refractivity (Wildman–Crippen MR) is 45.6 cm³/mol. The second kappa shape index (κ2) is 1.92. The van der Waals surface area contributed by atoms with E-state index in [1.54, 1.807) is 0 Å². The van der Waals surface area contributed by atoms with E-state index in [2.05, 4.69) is 13.8 Å². The average Bonchev–Trinajstić information content (AvgIpc) is 2.26. The molecule has 2 saturated carbocycles. The summed E-state index contributed by atoms with van der Waals surface area (Å²) in [6.07, 6.45) is 1.29. The average molecular weight is 168 g/mol. The van der Waals surface area contributed by atoms with Crippen molar-refractivity contribution in [2.75, 3.05) is 0 Å². The lowest BCUT2D eigenvalue weighted by molar-refractivity contribution is -0.135. The van der Waals surface area contributed by atoms with E-state index in [0.717, 1.165) is 12.8 Å². The van der Waals surface area contributed by atoms with Crippen LogP contribution >= 0.6 is 0 Å². The van der Waals surface area contributed by atoms with E-state index < -0.39 is 6.10 Å². The second-order valence-electron chi connectivity index (χ2n) is 5.01. The van der Waals surface area contributed by atoms with E-state index in [4.69, 9.17) is 0 Å². The Bertz CT molecular complexity index is 244. The Morgan fingerprint density at radius 2 is 2.00 bits per heavy atom. The van der Waals surface area contributed by atoms with Gasteiger partial charge in [0.25, 0.3) is 0 Å². The summed E-state index contributed by atoms with van der Waals surface area (Å²) < 4.78 is 0. The first-order valence-corrected chi connectivity index (χ1v) is 4.63. The number of rotatable bonds is 0. The monoisotopic (exact) mass is 168 g/mol. The summed E-state index contributed by atoms with van der Waals surface area (Å²) in [6, 6.07) is 0. The number of ketones is 1. The molecule has 0 unspecified atom stereocenters. The molecule has 2 rings (SSSR count). The van der Waals surface area contributed by atoms with Gasteiger partial charge in [-0.15, -0.1) is 0 Å². The van der Waals surface area contributed by atoms with Crippen LogP contribution in [0.3, 0.4) is 0 Å². The van der Waals surface area contributed by atoms with Crippen molar-refractivity contribution in [1.29, 1.82) is 0 Å². The van der Waals surface area contributed by atoms with Gasteiger partial charge in [0.2, 0.25) is 0 Å². The third-order valence-corrected chi connectivity index (χ3v) is 4.50. The molecular weight excluding hydrogens is 152 g/mol. The summed E-state index contributed by atoms with van der Waals surface area (Å²) in [5, 5.41) is 9.64. The molecule has 3 atom stereocenters. The Hall–Kier alpha value is -0.370. The van der Waals surface area contributed by atoms with Crippen molar-refractivity contribution in [3.05, 3.63) is 0 Å². The van der Waals surface area contributed by atoms with Crippen molar-refractivity contribution in [1.82, 2.24) is 0 Å². The summed E-state index contributed by atoms with van der Waals surface area (Å²) >= 11 is 0. The van der Waals surface area contributed by atoms with E-state index in [1.807, 2.05) is 6.92 Å². The Morgan fingerprint density at radius 3 is 2.25 bits per heavy atom. The Labute approximate surface area is 73.0 Å². The fourth-order valence-electron chi connectivity index (χ4n) is 3.04. The van der Waals surface area contributed by atoms with Gasteiger partial charge in [0, 0.05) is 5.41 Å². The lowest BCUT2D eigenvalue weighted by Crippen LogP contribution is -2.34. The molecule has 2 aliphatic rings. The zero-order valence-electron chi connectivity index (χ0n) is 7.92. The van der Waals surface area contributed by atoms with Crippen LogP contribution < -0.4 is 0 Å². The minimum atomic E-state index is -0.682. The number of aliphatic hydroxyl groups is 1. The van der Waals surface area contributed by atoms with Crippen molar-refractivity contribution >= 4 is 5.78 Å². The van der Waals surface area contributed by atoms with Crippen LogP contribution in [0.1, 0.15) is 33.6 Å². The van der Waals surface area contributed by atoms with E-state index in [1.165, 1.54) is 0 Å². The van der Waals surface area contributed by atoms with Gasteiger partial charge in [0.05, 0.1) is 0 Å². The minimum Gasteiger partial charge on any atom is -0.385 e. The predicted octanol–water partition coefficient (Wildman–Crippen LogP) is 1.37. The SMILES string of the molecule is CC1(C)[C@H]2CC[C@@]1(C)C(=O)[C@H]2O. The van der Waals surface area contributed by atoms with Crippen LogP contribution in [0.2, 0.25) is 0 Å². The maximum atomic E-state index is 11.7. The molecule has 0 amide bonds. The van der Waals surface area contributed by atoms with Crippen molar-refractivity contribution in [2.45, 2.75) is 39.7 Å². The maximum absolute atomic E-state index is 11.7. The minimum absolute atomic E-state index is 0.00347. The summed E-state index contributed by atoms with van der Waals surface area (Å²) in [4.78, 5) is 11.7. The summed E-state index contributed by atoms with van der Waals surface area (Å²) in [6.45, 7) is 6.23. The first kappa shape index (κ1) is 8.24. The maximum Gasteiger partial charge on any atom is 0.167 e. The fourth-order valence-corrected chi connectivity index (χ4v) is 3.04. The van der Waals surface area contributed by atoms with Crippen LogP contribution in [0.5, 0.6) is 0 Å². The van der Waals surface area contributed by atoms with Gasteiger partial charge in [0.1, 0.15) is 6.10 Å². The van der Waals surface area contributed by atoms with E-state index in [0.29, 0.717) is 0 Å². The molecule has 68 valence electrons. The lowest BCUT2D eigenvalue weighted by atomic mass is 9.70. The van der Waals surface area contributed by atoms with Gasteiger partial charge in [-0.2, -0.15) is 0 Å². The highest BCUT2D eigenvalue weighted by molar-refractivity contribution is 5.93. The quantitative estimate of drug-likeness (QED) is 0.593. The molecule has 0 heterocycles. The molecule has 2 bridgehead atoms. The molecule has 2 aliphatic carbocycles. The van der Waals surface area contributed by atoms with Gasteiger partial charge in [0.15, 0.2) is 5.78 Å². The van der Waals surface area contributed by atoms with Gasteiger partial charge >= 0.3 is 0 Å². The smallest absolute Gasteiger partial charge is 0.167 e. The molecule has 2 nitrogen and oxygen atoms in total. The van der Waals surface area contributed by atoms with Crippen LogP contribution in [-0.4, -0.2) is 17.0 Å². The van der Waals surface area contributed by atoms with Gasteiger partial charge in [-0.3, -0.25) is 4.79 Å². The number of Topliss-reactive ketones (excluding diaryl/α,β-unsaturated/α-hetero) is 1. The van der Waals surface area contributed by atoms with Crippen molar-refractivity contribution < 1.29 is 9.90 Å². The van der Waals surface area contributed by atoms with E-state index in [9.17, 15) is 9.90 Å². The molecule has 0 aromatic rings. The molecule has 0 radical (unpaired) electrons. The molecule has 2 heteroatoms. The normalized spacial score (nSPS) is 50.2. The highest BCUT2D eigenvalue weighted by Crippen LogP contribution is 2.63. The summed E-state index contributed by atoms with van der Waals surface area (Å²) in [5.74, 6) is 0.277. The molecule has 0 spiro atoms. The summed E-state index contributed by atoms with van der Waals surface area (Å²) in [5.41, 5.74) is -0.249. The van der Waals surface area contributed by atoms with Crippen LogP contribution in [-0.2, 0) is 4.79 Å². The van der Waals surface area contributed by atoms with Crippen LogP contribution in [0.15, 0.2) is 0 Å². The fraction of sp³-hybridized carbons (Fsp3) is 0.900. The lowest BCUT2D eigenvalue weighted by Gasteiger charge is -2.31. The number of aliphatic hydroxyl groups excluding tert-OH is 1. The molecule has 0 aliphatic heterocycles. The first-order valence-electron chi connectivity index (χ1n) is 4.63. The standard InChI is InChI=1S/C10H16O2/c1-9(2)6-4-5-10(9,3)8(12)7(6)11/h6-7,11H,4-5H2,1-3H3/t6-,7-,10-/m0/s1. The van der Waals surface area contributed by atoms with Gasteiger partial charge < -0.3 is 5.11 Å². The Morgan fingerprint density at radius 1 is 1.42 bits per heavy atom. The molecule has 1 N–H and O–H groups in total. The Kier molecular flexibility index (Phi) is 1.32. The van der Waals surface area contributed by atoms with Gasteiger partial charge in [-0.25, -0.2) is 0 Å². The molecule has 0 aromatic carbocycles. The topological polar surface area (TPSA) is 37.3 Å². The van der Waals surface area contributed by atoms with Crippen LogP contribution in [0.4, 0.5) is 0 Å². The van der Waals surface area contributed by atoms with Crippen LogP contribution in [0, 0.1) is 16.7 Å². The molecule has 2 fully saturated rings. The van der Waals surface area contributed by atoms with Crippen molar-refractivity contribution in [2.24, 2.45) is 16.7 Å². The number of carbonyl (C=O) groups is 1. The zero-order chi connectivity index (χ0) is 9.15. The summed E-state index contributed by atoms with van der Waals surface area (Å²) in [7, 11) is 0. The molecule has 0 saturated heterocycles. The van der Waals surface area contributed by atoms with Crippen LogP contribution in [0.25, 0.3) is 0 Å². The zero-order valence-corrected chi connectivity index (χ0v) is 7.92. The number of hydrogen-bond donors (Lipinski definition) is 1. The third-order valence-electron chi connectivity index (χ3n) is 4.50. The van der Waals surface area contributed by atoms with Crippen molar-refractivity contribution in [3.63, 3.8) is 0 Å². The number of carbonyl (C=O) groups excluding carboxylic acids is 1. The molecule has 0 aromatic heterocycles. The largest absolute Gasteiger partial charge is 0.385 e. The van der Waals surface area contributed by atoms with Gasteiger partial charge in [-0.1, -0.05) is 20.8 Å². The number of hydrogen-bond acceptors (Lipinski definition) is 2. The highest BCUT2D eigenvalue weighted by Gasteiger charge is 2.65. The highest BCUT2D eigenvalue weighted by atomic mass is 16.3. The number of fused-ring (bicyclic) bond motifs is 2. The first-order chi connectivity index (χ1) is 5.41. The second-order valence-corrected chi connectivity index (χ2v) is 5.01. The van der Waals surface area contributed by atoms with Crippen molar-refractivity contribution in [3.8, 4) is 0 Å².